The van der Waals surface area contributed by atoms with Gasteiger partial charge in [0.05, 0.1) is 24.1 Å². The molecule has 25 heavy (non-hydrogen) atoms. The first kappa shape index (κ1) is 17.0. The Bertz CT molecular complexity index is 831. The van der Waals surface area contributed by atoms with E-state index in [1.165, 1.54) is 0 Å². The summed E-state index contributed by atoms with van der Waals surface area (Å²) in [5.41, 5.74) is -2.94. The van der Waals surface area contributed by atoms with Crippen LogP contribution in [0.4, 0.5) is 0 Å². The second-order valence-electron chi connectivity index (χ2n) is 7.03. The Balaban J connectivity index is 2.37. The van der Waals surface area contributed by atoms with Gasteiger partial charge >= 0.3 is 0 Å². The van der Waals surface area contributed by atoms with Gasteiger partial charge in [0, 0.05) is 6.92 Å². The SMILES string of the molecule is CC(C)C1C2(C)OC(=N)C(C#N)(C(c3ccccc3)O2)C1(C#N)C#N. The van der Waals surface area contributed by atoms with Crippen molar-refractivity contribution in [2.45, 2.75) is 32.7 Å². The molecule has 1 aromatic rings. The molecule has 4 atom stereocenters. The first-order chi connectivity index (χ1) is 11.8. The van der Waals surface area contributed by atoms with E-state index in [0.29, 0.717) is 5.56 Å². The average Bonchev–Trinajstić information content (AvgIpc) is 2.60. The number of hydrogen-bond acceptors (Lipinski definition) is 6. The molecule has 3 aliphatic heterocycles. The van der Waals surface area contributed by atoms with Crippen molar-refractivity contribution in [1.82, 2.24) is 0 Å². The van der Waals surface area contributed by atoms with E-state index in [9.17, 15) is 15.8 Å². The Labute approximate surface area is 146 Å². The van der Waals surface area contributed by atoms with E-state index in [2.05, 4.69) is 18.2 Å². The van der Waals surface area contributed by atoms with Gasteiger partial charge in [-0.3, -0.25) is 5.41 Å². The summed E-state index contributed by atoms with van der Waals surface area (Å²) in [6.07, 6.45) is -0.931. The first-order valence-electron chi connectivity index (χ1n) is 8.07. The van der Waals surface area contributed by atoms with Gasteiger partial charge in [0.25, 0.3) is 0 Å². The number of fused-ring (bicyclic) bond motifs is 3. The highest BCUT2D eigenvalue weighted by atomic mass is 16.7. The van der Waals surface area contributed by atoms with E-state index < -0.39 is 28.6 Å². The third-order valence-electron chi connectivity index (χ3n) is 5.36. The summed E-state index contributed by atoms with van der Waals surface area (Å²) in [6, 6.07) is 15.2. The monoisotopic (exact) mass is 334 g/mol. The molecule has 0 aromatic heterocycles. The van der Waals surface area contributed by atoms with Crippen LogP contribution in [-0.2, 0) is 9.47 Å². The average molecular weight is 334 g/mol. The Morgan fingerprint density at radius 1 is 1.08 bits per heavy atom. The van der Waals surface area contributed by atoms with Gasteiger partial charge in [0.15, 0.2) is 10.8 Å². The molecule has 3 fully saturated rings. The van der Waals surface area contributed by atoms with Gasteiger partial charge in [0.1, 0.15) is 6.10 Å². The molecule has 4 unspecified atom stereocenters. The van der Waals surface area contributed by atoms with Crippen molar-refractivity contribution >= 4 is 5.90 Å². The second kappa shape index (κ2) is 5.31. The summed E-state index contributed by atoms with van der Waals surface area (Å²) in [5.74, 6) is -2.56. The standard InChI is InChI=1S/C19H18N4O2/c1-12(2)14-17(3)24-15(13-7-5-4-6-8-13)19(11-22,16(23)25-17)18(14,9-20)10-21/h4-8,12,14-15,23H,1-3H3. The molecule has 0 amide bonds. The lowest BCUT2D eigenvalue weighted by Gasteiger charge is -2.62. The second-order valence-corrected chi connectivity index (χ2v) is 7.03. The molecule has 6 heteroatoms. The molecule has 126 valence electrons. The molecule has 1 aromatic carbocycles. The molecule has 0 saturated carbocycles. The molecule has 0 radical (unpaired) electrons. The van der Waals surface area contributed by atoms with Crippen LogP contribution < -0.4 is 0 Å². The molecule has 0 spiro atoms. The highest BCUT2D eigenvalue weighted by molar-refractivity contribution is 5.88. The number of hydrogen-bond donors (Lipinski definition) is 1. The minimum Gasteiger partial charge on any atom is -0.448 e. The lowest BCUT2D eigenvalue weighted by atomic mass is 9.48. The Morgan fingerprint density at radius 2 is 1.68 bits per heavy atom. The van der Waals surface area contributed by atoms with Gasteiger partial charge in [-0.05, 0) is 11.5 Å². The lowest BCUT2D eigenvalue weighted by molar-refractivity contribution is -0.349. The van der Waals surface area contributed by atoms with Crippen LogP contribution >= 0.6 is 0 Å². The quantitative estimate of drug-likeness (QED) is 0.891. The molecule has 4 rings (SSSR count). The third kappa shape index (κ3) is 1.82. The van der Waals surface area contributed by atoms with Gasteiger partial charge in [-0.1, -0.05) is 44.2 Å². The number of nitriles is 3. The maximum absolute atomic E-state index is 10.1. The van der Waals surface area contributed by atoms with E-state index in [0.717, 1.165) is 0 Å². The van der Waals surface area contributed by atoms with Crippen LogP contribution in [0.1, 0.15) is 32.4 Å². The molecule has 3 aliphatic rings. The van der Waals surface area contributed by atoms with Crippen molar-refractivity contribution in [2.24, 2.45) is 22.7 Å². The Morgan fingerprint density at radius 3 is 2.16 bits per heavy atom. The summed E-state index contributed by atoms with van der Waals surface area (Å²) >= 11 is 0. The zero-order valence-electron chi connectivity index (χ0n) is 14.3. The zero-order chi connectivity index (χ0) is 18.5. The van der Waals surface area contributed by atoms with E-state index >= 15 is 0 Å². The smallest absolute Gasteiger partial charge is 0.215 e. The fourth-order valence-corrected chi connectivity index (χ4v) is 4.50. The molecule has 3 saturated heterocycles. The molecular weight excluding hydrogens is 316 g/mol. The lowest BCUT2D eigenvalue weighted by Crippen LogP contribution is -2.72. The van der Waals surface area contributed by atoms with Crippen molar-refractivity contribution < 1.29 is 9.47 Å². The fourth-order valence-electron chi connectivity index (χ4n) is 4.50. The van der Waals surface area contributed by atoms with Crippen LogP contribution in [0.3, 0.4) is 0 Å². The molecule has 6 nitrogen and oxygen atoms in total. The van der Waals surface area contributed by atoms with Crippen LogP contribution in [0.2, 0.25) is 0 Å². The van der Waals surface area contributed by atoms with E-state index in [4.69, 9.17) is 14.9 Å². The van der Waals surface area contributed by atoms with Crippen molar-refractivity contribution in [3.63, 3.8) is 0 Å². The minimum absolute atomic E-state index is 0.165. The zero-order valence-corrected chi connectivity index (χ0v) is 14.3. The summed E-state index contributed by atoms with van der Waals surface area (Å²) < 4.78 is 11.9. The summed E-state index contributed by atoms with van der Waals surface area (Å²) in [4.78, 5) is 0. The van der Waals surface area contributed by atoms with E-state index in [1.54, 1.807) is 31.2 Å². The fraction of sp³-hybridized carbons (Fsp3) is 0.474. The number of ether oxygens (including phenoxy) is 2. The van der Waals surface area contributed by atoms with Crippen LogP contribution in [0.5, 0.6) is 0 Å². The number of nitrogens with one attached hydrogen (secondary N) is 1. The first-order valence-corrected chi connectivity index (χ1v) is 8.07. The highest BCUT2D eigenvalue weighted by Crippen LogP contribution is 2.67. The van der Waals surface area contributed by atoms with Crippen molar-refractivity contribution in [3.05, 3.63) is 35.9 Å². The largest absolute Gasteiger partial charge is 0.448 e. The Hall–Kier alpha value is -2.88. The number of nitrogens with zero attached hydrogens (tertiary/aromatic N) is 3. The molecule has 2 bridgehead atoms. The van der Waals surface area contributed by atoms with Gasteiger partial charge in [0.2, 0.25) is 11.7 Å². The molecule has 0 aliphatic carbocycles. The predicted octanol–water partition coefficient (Wildman–Crippen LogP) is 3.30. The van der Waals surface area contributed by atoms with E-state index in [1.807, 2.05) is 19.9 Å². The summed E-state index contributed by atoms with van der Waals surface area (Å²) in [7, 11) is 0. The van der Waals surface area contributed by atoms with Crippen molar-refractivity contribution in [3.8, 4) is 18.2 Å². The van der Waals surface area contributed by atoms with Crippen LogP contribution in [0.15, 0.2) is 30.3 Å². The van der Waals surface area contributed by atoms with Crippen molar-refractivity contribution in [2.75, 3.05) is 0 Å². The number of benzene rings is 1. The van der Waals surface area contributed by atoms with Crippen molar-refractivity contribution in [1.29, 1.82) is 21.2 Å². The van der Waals surface area contributed by atoms with Gasteiger partial charge in [-0.25, -0.2) is 0 Å². The van der Waals surface area contributed by atoms with Crippen LogP contribution in [0, 0.1) is 62.1 Å². The summed E-state index contributed by atoms with van der Waals surface area (Å²) in [5, 5.41) is 38.6. The maximum Gasteiger partial charge on any atom is 0.215 e. The van der Waals surface area contributed by atoms with Gasteiger partial charge in [-0.15, -0.1) is 0 Å². The Kier molecular flexibility index (Phi) is 3.60. The van der Waals surface area contributed by atoms with Crippen LogP contribution in [0.25, 0.3) is 0 Å². The normalized spacial score (nSPS) is 35.3. The third-order valence-corrected chi connectivity index (χ3v) is 5.36. The highest BCUT2D eigenvalue weighted by Gasteiger charge is 2.79. The van der Waals surface area contributed by atoms with E-state index in [-0.39, 0.29) is 11.8 Å². The summed E-state index contributed by atoms with van der Waals surface area (Å²) in [6.45, 7) is 5.37. The van der Waals surface area contributed by atoms with Gasteiger partial charge in [-0.2, -0.15) is 15.8 Å². The molecular formula is C19H18N4O2. The molecule has 3 heterocycles. The predicted molar refractivity (Wildman–Crippen MR) is 87.5 cm³/mol. The topological polar surface area (TPSA) is 114 Å². The minimum atomic E-state index is -1.83. The van der Waals surface area contributed by atoms with Crippen LogP contribution in [-0.4, -0.2) is 11.7 Å². The van der Waals surface area contributed by atoms with Gasteiger partial charge < -0.3 is 9.47 Å². The molecule has 1 N–H and O–H groups in total. The number of rotatable bonds is 2. The maximum atomic E-state index is 10.1.